The summed E-state index contributed by atoms with van der Waals surface area (Å²) in [5, 5.41) is 12.0. The van der Waals surface area contributed by atoms with Crippen molar-refractivity contribution in [3.8, 4) is 11.7 Å². The van der Waals surface area contributed by atoms with E-state index in [4.69, 9.17) is 16.3 Å². The molecule has 0 bridgehead atoms. The van der Waals surface area contributed by atoms with Crippen LogP contribution in [0.5, 0.6) is 5.88 Å². The third kappa shape index (κ3) is 4.71. The Hall–Kier alpha value is -3.35. The van der Waals surface area contributed by atoms with Crippen LogP contribution in [0.1, 0.15) is 21.6 Å². The number of hydrogen-bond donors (Lipinski definition) is 1. The van der Waals surface area contributed by atoms with E-state index >= 15 is 0 Å². The van der Waals surface area contributed by atoms with Gasteiger partial charge in [-0.25, -0.2) is 4.68 Å². The van der Waals surface area contributed by atoms with Gasteiger partial charge in [-0.15, -0.1) is 10.2 Å². The van der Waals surface area contributed by atoms with Gasteiger partial charge in [0.05, 0.1) is 29.5 Å². The number of ether oxygens (including phenoxy) is 1. The Bertz CT molecular complexity index is 1110. The number of hydrogen-bond acceptors (Lipinski definition) is 5. The number of rotatable bonds is 4. The molecule has 0 aliphatic heterocycles. The first-order chi connectivity index (χ1) is 14.4. The molecule has 1 amide bonds. The van der Waals surface area contributed by atoms with Crippen LogP contribution < -0.4 is 10.1 Å². The summed E-state index contributed by atoms with van der Waals surface area (Å²) < 4.78 is 85.0. The molecule has 3 aromatic rings. The number of amides is 1. The molecule has 3 rings (SSSR count). The maximum absolute atomic E-state index is 13.7. The summed E-state index contributed by atoms with van der Waals surface area (Å²) in [5.41, 5.74) is -4.10. The fourth-order valence-electron chi connectivity index (χ4n) is 2.51. The lowest BCUT2D eigenvalue weighted by atomic mass is 10.1. The molecule has 0 saturated heterocycles. The zero-order chi connectivity index (χ0) is 23.0. The van der Waals surface area contributed by atoms with Crippen molar-refractivity contribution in [1.29, 1.82) is 0 Å². The van der Waals surface area contributed by atoms with Crippen molar-refractivity contribution in [2.45, 2.75) is 12.4 Å². The Labute approximate surface area is 174 Å². The summed E-state index contributed by atoms with van der Waals surface area (Å²) in [6, 6.07) is 4.75. The third-order valence-corrected chi connectivity index (χ3v) is 4.19. The quantitative estimate of drug-likeness (QED) is 0.569. The van der Waals surface area contributed by atoms with Gasteiger partial charge in [0, 0.05) is 11.8 Å². The Kier molecular flexibility index (Phi) is 5.81. The average molecular weight is 466 g/mol. The minimum absolute atomic E-state index is 0.0330. The van der Waals surface area contributed by atoms with E-state index in [0.29, 0.717) is 16.9 Å². The number of anilines is 1. The largest absolute Gasteiger partial charge is 0.480 e. The van der Waals surface area contributed by atoms with E-state index in [-0.39, 0.29) is 11.7 Å². The first-order valence-corrected chi connectivity index (χ1v) is 8.51. The van der Waals surface area contributed by atoms with Crippen molar-refractivity contribution >= 4 is 23.2 Å². The van der Waals surface area contributed by atoms with E-state index in [0.717, 1.165) is 18.2 Å². The number of methoxy groups -OCH3 is 1. The summed E-state index contributed by atoms with van der Waals surface area (Å²) in [7, 11) is 1.28. The van der Waals surface area contributed by atoms with E-state index < -0.39 is 45.8 Å². The summed E-state index contributed by atoms with van der Waals surface area (Å²) in [4.78, 5) is 12.4. The second-order valence-electron chi connectivity index (χ2n) is 5.90. The molecular weight excluding hydrogens is 456 g/mol. The van der Waals surface area contributed by atoms with Crippen molar-refractivity contribution < 1.29 is 35.9 Å². The van der Waals surface area contributed by atoms with Crippen molar-refractivity contribution in [3.63, 3.8) is 0 Å². The van der Waals surface area contributed by atoms with Gasteiger partial charge < -0.3 is 10.1 Å². The second kappa shape index (κ2) is 8.06. The van der Waals surface area contributed by atoms with E-state index in [9.17, 15) is 31.1 Å². The molecule has 2 aromatic heterocycles. The number of halogens is 7. The fourth-order valence-corrected chi connectivity index (χ4v) is 2.74. The molecular formula is C17H10ClF6N5O2. The minimum Gasteiger partial charge on any atom is -0.480 e. The predicted octanol–water partition coefficient (Wildman–Crippen LogP) is 4.61. The molecule has 0 saturated carbocycles. The highest BCUT2D eigenvalue weighted by Gasteiger charge is 2.41. The number of nitrogens with zero attached hydrogens (tertiary/aromatic N) is 4. The van der Waals surface area contributed by atoms with Crippen LogP contribution in [0.15, 0.2) is 36.5 Å². The lowest BCUT2D eigenvalue weighted by Crippen LogP contribution is -2.21. The van der Waals surface area contributed by atoms with Crippen LogP contribution in [-0.4, -0.2) is 33.0 Å². The van der Waals surface area contributed by atoms with E-state index in [1.54, 1.807) is 0 Å². The first-order valence-electron chi connectivity index (χ1n) is 8.13. The van der Waals surface area contributed by atoms with Crippen LogP contribution in [0.4, 0.5) is 32.0 Å². The van der Waals surface area contributed by atoms with Gasteiger partial charge in [0.2, 0.25) is 5.88 Å². The van der Waals surface area contributed by atoms with Crippen LogP contribution in [0.3, 0.4) is 0 Å². The SMILES string of the molecule is COc1ccc(-n2ncc(C(=O)Nc3ccc(Cl)c(C(F)(F)F)c3)c2C(F)(F)F)nn1. The van der Waals surface area contributed by atoms with Gasteiger partial charge in [0.1, 0.15) is 0 Å². The van der Waals surface area contributed by atoms with Gasteiger partial charge in [-0.3, -0.25) is 4.79 Å². The van der Waals surface area contributed by atoms with Crippen LogP contribution in [-0.2, 0) is 12.4 Å². The molecule has 164 valence electrons. The number of nitrogens with one attached hydrogen (secondary N) is 1. The van der Waals surface area contributed by atoms with Gasteiger partial charge in [-0.1, -0.05) is 11.6 Å². The minimum atomic E-state index is -5.05. The molecule has 0 aliphatic carbocycles. The first kappa shape index (κ1) is 22.3. The molecule has 0 atom stereocenters. The van der Waals surface area contributed by atoms with Crippen LogP contribution in [0.2, 0.25) is 5.02 Å². The summed E-state index contributed by atoms with van der Waals surface area (Å²) in [5.74, 6) is -1.67. The molecule has 0 unspecified atom stereocenters. The molecule has 0 aliphatic rings. The Morgan fingerprint density at radius 1 is 1.06 bits per heavy atom. The van der Waals surface area contributed by atoms with Gasteiger partial charge in [-0.2, -0.15) is 31.4 Å². The van der Waals surface area contributed by atoms with Crippen LogP contribution in [0.25, 0.3) is 5.82 Å². The lowest BCUT2D eigenvalue weighted by Gasteiger charge is -2.13. The Balaban J connectivity index is 1.99. The molecule has 2 heterocycles. The molecule has 31 heavy (non-hydrogen) atoms. The van der Waals surface area contributed by atoms with Crippen LogP contribution in [0, 0.1) is 0 Å². The zero-order valence-electron chi connectivity index (χ0n) is 15.2. The maximum atomic E-state index is 13.7. The van der Waals surface area contributed by atoms with E-state index in [1.165, 1.54) is 13.2 Å². The van der Waals surface area contributed by atoms with Gasteiger partial charge in [-0.05, 0) is 24.3 Å². The number of benzene rings is 1. The predicted molar refractivity (Wildman–Crippen MR) is 95.1 cm³/mol. The molecule has 0 radical (unpaired) electrons. The molecule has 0 spiro atoms. The Morgan fingerprint density at radius 3 is 2.32 bits per heavy atom. The lowest BCUT2D eigenvalue weighted by molar-refractivity contribution is -0.143. The number of alkyl halides is 6. The zero-order valence-corrected chi connectivity index (χ0v) is 16.0. The van der Waals surface area contributed by atoms with E-state index in [1.807, 2.05) is 5.32 Å². The monoisotopic (exact) mass is 465 g/mol. The standard InChI is InChI=1S/C17H10ClF6N5O2/c1-31-13-5-4-12(27-28-13)29-14(17(22,23)24)9(7-25-29)15(30)26-8-2-3-11(18)10(6-8)16(19,20)21/h2-7H,1H3,(H,26,30). The number of carbonyl (C=O) groups excluding carboxylic acids is 1. The highest BCUT2D eigenvalue weighted by Crippen LogP contribution is 2.37. The summed E-state index contributed by atoms with van der Waals surface area (Å²) >= 11 is 5.50. The smallest absolute Gasteiger partial charge is 0.434 e. The number of aromatic nitrogens is 4. The topological polar surface area (TPSA) is 81.9 Å². The van der Waals surface area contributed by atoms with Crippen molar-refractivity contribution in [2.24, 2.45) is 0 Å². The molecule has 0 fully saturated rings. The highest BCUT2D eigenvalue weighted by molar-refractivity contribution is 6.31. The summed E-state index contributed by atoms with van der Waals surface area (Å²) in [6.07, 6.45) is -9.26. The van der Waals surface area contributed by atoms with Gasteiger partial charge in [0.25, 0.3) is 5.91 Å². The third-order valence-electron chi connectivity index (χ3n) is 3.86. The molecule has 1 N–H and O–H groups in total. The maximum Gasteiger partial charge on any atom is 0.434 e. The van der Waals surface area contributed by atoms with E-state index in [2.05, 4.69) is 15.3 Å². The second-order valence-corrected chi connectivity index (χ2v) is 6.30. The van der Waals surface area contributed by atoms with Crippen molar-refractivity contribution in [3.05, 3.63) is 58.4 Å². The highest BCUT2D eigenvalue weighted by atomic mass is 35.5. The fraction of sp³-hybridized carbons (Fsp3) is 0.176. The molecule has 7 nitrogen and oxygen atoms in total. The number of carbonyl (C=O) groups is 1. The van der Waals surface area contributed by atoms with Gasteiger partial charge in [0.15, 0.2) is 11.5 Å². The average Bonchev–Trinajstić information content (AvgIpc) is 3.14. The normalized spacial score (nSPS) is 12.0. The molecule has 1 aromatic carbocycles. The Morgan fingerprint density at radius 2 is 1.77 bits per heavy atom. The van der Waals surface area contributed by atoms with Crippen molar-refractivity contribution in [1.82, 2.24) is 20.0 Å². The summed E-state index contributed by atoms with van der Waals surface area (Å²) in [6.45, 7) is 0. The van der Waals surface area contributed by atoms with Crippen molar-refractivity contribution in [2.75, 3.05) is 12.4 Å². The van der Waals surface area contributed by atoms with Crippen LogP contribution >= 0.6 is 11.6 Å². The molecule has 14 heteroatoms. The van der Waals surface area contributed by atoms with Gasteiger partial charge >= 0.3 is 12.4 Å².